The second kappa shape index (κ2) is 9.91. The van der Waals surface area contributed by atoms with Crippen LogP contribution in [0.25, 0.3) is 0 Å². The molecule has 0 spiro atoms. The maximum Gasteiger partial charge on any atom is 0.251 e. The molecule has 0 saturated carbocycles. The van der Waals surface area contributed by atoms with Crippen LogP contribution in [0.15, 0.2) is 23.1 Å². The van der Waals surface area contributed by atoms with Crippen molar-refractivity contribution >= 4 is 21.6 Å². The van der Waals surface area contributed by atoms with E-state index in [9.17, 15) is 13.2 Å². The molecular weight excluding hydrogens is 390 g/mol. The summed E-state index contributed by atoms with van der Waals surface area (Å²) >= 11 is 0. The third kappa shape index (κ3) is 5.29. The molecule has 162 valence electrons. The number of nitrogens with one attached hydrogen (secondary N) is 1. The first-order chi connectivity index (χ1) is 13.9. The van der Waals surface area contributed by atoms with Crippen molar-refractivity contribution < 1.29 is 17.9 Å². The number of carbonyl (C=O) groups is 1. The Bertz CT molecular complexity index is 800. The van der Waals surface area contributed by atoms with E-state index in [2.05, 4.69) is 10.2 Å². The average molecular weight is 424 g/mol. The molecule has 1 atom stereocenters. The lowest BCUT2D eigenvalue weighted by molar-refractivity contribution is 0.0905. The van der Waals surface area contributed by atoms with Crippen LogP contribution < -0.4 is 10.2 Å². The highest BCUT2D eigenvalue weighted by Crippen LogP contribution is 2.32. The summed E-state index contributed by atoms with van der Waals surface area (Å²) in [6, 6.07) is 4.94. The third-order valence-corrected chi connectivity index (χ3v) is 7.57. The van der Waals surface area contributed by atoms with Crippen LogP contribution in [0, 0.1) is 0 Å². The standard InChI is InChI=1S/C21H33N3O4S/c1-17(16-28-2)22-21(25)18-9-10-19(23-11-5-3-6-12-23)20(15-18)29(26,27)24-13-7-4-8-14-24/h9-10,15,17H,3-8,11-14,16H2,1-2H3,(H,22,25). The fourth-order valence-electron chi connectivity index (χ4n) is 4.10. The average Bonchev–Trinajstić information content (AvgIpc) is 2.74. The van der Waals surface area contributed by atoms with Gasteiger partial charge in [-0.25, -0.2) is 8.42 Å². The summed E-state index contributed by atoms with van der Waals surface area (Å²) in [5.41, 5.74) is 1.08. The van der Waals surface area contributed by atoms with Crippen LogP contribution in [0.1, 0.15) is 55.8 Å². The predicted molar refractivity (Wildman–Crippen MR) is 114 cm³/mol. The second-order valence-electron chi connectivity index (χ2n) is 8.02. The predicted octanol–water partition coefficient (Wildman–Crippen LogP) is 2.62. The van der Waals surface area contributed by atoms with E-state index in [4.69, 9.17) is 4.74 Å². The maximum absolute atomic E-state index is 13.5. The topological polar surface area (TPSA) is 79.0 Å². The lowest BCUT2D eigenvalue weighted by Crippen LogP contribution is -2.38. The lowest BCUT2D eigenvalue weighted by atomic mass is 10.1. The number of ether oxygens (including phenoxy) is 1. The Balaban J connectivity index is 1.95. The summed E-state index contributed by atoms with van der Waals surface area (Å²) in [7, 11) is -2.07. The van der Waals surface area contributed by atoms with E-state index in [1.54, 1.807) is 29.6 Å². The molecule has 8 heteroatoms. The Morgan fingerprint density at radius 1 is 1.07 bits per heavy atom. The first-order valence-electron chi connectivity index (χ1n) is 10.6. The van der Waals surface area contributed by atoms with Gasteiger partial charge in [0.2, 0.25) is 10.0 Å². The summed E-state index contributed by atoms with van der Waals surface area (Å²) in [6.07, 6.45) is 6.10. The molecule has 0 aliphatic carbocycles. The highest BCUT2D eigenvalue weighted by atomic mass is 32.2. The van der Waals surface area contributed by atoms with Gasteiger partial charge in [-0.1, -0.05) is 6.42 Å². The van der Waals surface area contributed by atoms with Gasteiger partial charge in [0.25, 0.3) is 5.91 Å². The van der Waals surface area contributed by atoms with E-state index in [1.807, 2.05) is 6.92 Å². The van der Waals surface area contributed by atoms with E-state index < -0.39 is 10.0 Å². The molecule has 1 unspecified atom stereocenters. The number of anilines is 1. The van der Waals surface area contributed by atoms with Gasteiger partial charge in [0.15, 0.2) is 0 Å². The Morgan fingerprint density at radius 2 is 1.69 bits per heavy atom. The summed E-state index contributed by atoms with van der Waals surface area (Å²) < 4.78 is 33.6. The number of sulfonamides is 1. The minimum absolute atomic E-state index is 0.156. The number of methoxy groups -OCH3 is 1. The minimum atomic E-state index is -3.65. The van der Waals surface area contributed by atoms with Crippen molar-refractivity contribution in [3.63, 3.8) is 0 Å². The van der Waals surface area contributed by atoms with Gasteiger partial charge >= 0.3 is 0 Å². The Hall–Kier alpha value is -1.64. The van der Waals surface area contributed by atoms with E-state index in [1.165, 1.54) is 6.42 Å². The molecule has 2 heterocycles. The fraction of sp³-hybridized carbons (Fsp3) is 0.667. The van der Waals surface area contributed by atoms with Gasteiger partial charge in [-0.2, -0.15) is 4.31 Å². The van der Waals surface area contributed by atoms with Crippen molar-refractivity contribution in [2.75, 3.05) is 44.8 Å². The van der Waals surface area contributed by atoms with Gasteiger partial charge in [0.1, 0.15) is 4.90 Å². The molecule has 3 rings (SSSR count). The Morgan fingerprint density at radius 3 is 2.31 bits per heavy atom. The van der Waals surface area contributed by atoms with Crippen LogP contribution in [0.3, 0.4) is 0 Å². The van der Waals surface area contributed by atoms with Crippen LogP contribution in [-0.4, -0.2) is 64.6 Å². The Labute approximate surface area is 174 Å². The van der Waals surface area contributed by atoms with Crippen LogP contribution in [0.4, 0.5) is 5.69 Å². The van der Waals surface area contributed by atoms with Crippen molar-refractivity contribution in [3.05, 3.63) is 23.8 Å². The van der Waals surface area contributed by atoms with Crippen molar-refractivity contribution in [1.82, 2.24) is 9.62 Å². The molecule has 0 radical (unpaired) electrons. The molecule has 0 bridgehead atoms. The monoisotopic (exact) mass is 423 g/mol. The molecule has 2 aliphatic heterocycles. The number of hydrogen-bond acceptors (Lipinski definition) is 5. The van der Waals surface area contributed by atoms with Gasteiger partial charge in [-0.05, 0) is 57.2 Å². The zero-order chi connectivity index (χ0) is 20.9. The molecule has 2 saturated heterocycles. The van der Waals surface area contributed by atoms with Crippen LogP contribution in [0.2, 0.25) is 0 Å². The van der Waals surface area contributed by atoms with Gasteiger partial charge in [0, 0.05) is 44.9 Å². The molecule has 7 nitrogen and oxygen atoms in total. The number of piperidine rings is 2. The lowest BCUT2D eigenvalue weighted by Gasteiger charge is -2.33. The van der Waals surface area contributed by atoms with Crippen molar-refractivity contribution in [3.8, 4) is 0 Å². The van der Waals surface area contributed by atoms with Crippen molar-refractivity contribution in [2.24, 2.45) is 0 Å². The SMILES string of the molecule is COCC(C)NC(=O)c1ccc(N2CCCCC2)c(S(=O)(=O)N2CCCCC2)c1. The number of hydrogen-bond donors (Lipinski definition) is 1. The summed E-state index contributed by atoms with van der Waals surface area (Å²) in [5.74, 6) is -0.283. The summed E-state index contributed by atoms with van der Waals surface area (Å²) in [4.78, 5) is 15.1. The van der Waals surface area contributed by atoms with E-state index in [0.717, 1.165) is 50.9 Å². The quantitative estimate of drug-likeness (QED) is 0.729. The van der Waals surface area contributed by atoms with E-state index >= 15 is 0 Å². The number of benzene rings is 1. The van der Waals surface area contributed by atoms with Gasteiger partial charge in [0.05, 0.1) is 12.3 Å². The highest BCUT2D eigenvalue weighted by molar-refractivity contribution is 7.89. The molecule has 1 amide bonds. The zero-order valence-electron chi connectivity index (χ0n) is 17.5. The largest absolute Gasteiger partial charge is 0.383 e. The van der Waals surface area contributed by atoms with Crippen LogP contribution in [0.5, 0.6) is 0 Å². The number of amides is 1. The molecule has 1 N–H and O–H groups in total. The molecule has 2 aliphatic rings. The van der Waals surface area contributed by atoms with Gasteiger partial charge < -0.3 is 15.0 Å². The second-order valence-corrected chi connectivity index (χ2v) is 9.93. The van der Waals surface area contributed by atoms with Gasteiger partial charge in [-0.3, -0.25) is 4.79 Å². The third-order valence-electron chi connectivity index (χ3n) is 5.65. The zero-order valence-corrected chi connectivity index (χ0v) is 18.3. The first-order valence-corrected chi connectivity index (χ1v) is 12.1. The van der Waals surface area contributed by atoms with E-state index in [-0.39, 0.29) is 16.8 Å². The normalized spacial score (nSPS) is 19.7. The molecular formula is C21H33N3O4S. The minimum Gasteiger partial charge on any atom is -0.383 e. The first kappa shape index (κ1) is 22.1. The Kier molecular flexibility index (Phi) is 7.54. The number of carbonyl (C=O) groups excluding carboxylic acids is 1. The van der Waals surface area contributed by atoms with Crippen molar-refractivity contribution in [1.29, 1.82) is 0 Å². The highest BCUT2D eigenvalue weighted by Gasteiger charge is 2.31. The molecule has 2 fully saturated rings. The molecule has 1 aromatic rings. The number of rotatable bonds is 7. The molecule has 0 aromatic heterocycles. The van der Waals surface area contributed by atoms with E-state index in [0.29, 0.717) is 25.3 Å². The number of nitrogens with zero attached hydrogens (tertiary/aromatic N) is 2. The van der Waals surface area contributed by atoms with Gasteiger partial charge in [-0.15, -0.1) is 0 Å². The molecule has 1 aromatic carbocycles. The summed E-state index contributed by atoms with van der Waals surface area (Å²) in [6.45, 7) is 5.04. The van der Waals surface area contributed by atoms with Crippen LogP contribution in [-0.2, 0) is 14.8 Å². The maximum atomic E-state index is 13.5. The summed E-state index contributed by atoms with van der Waals surface area (Å²) in [5, 5.41) is 2.87. The molecule has 29 heavy (non-hydrogen) atoms. The van der Waals surface area contributed by atoms with Crippen molar-refractivity contribution in [2.45, 2.75) is 56.4 Å². The van der Waals surface area contributed by atoms with Crippen LogP contribution >= 0.6 is 0 Å². The smallest absolute Gasteiger partial charge is 0.251 e. The fourth-order valence-corrected chi connectivity index (χ4v) is 5.86.